The van der Waals surface area contributed by atoms with Crippen molar-refractivity contribution < 1.29 is 9.90 Å². The van der Waals surface area contributed by atoms with Crippen LogP contribution in [0.5, 0.6) is 0 Å². The quantitative estimate of drug-likeness (QED) is 0.805. The van der Waals surface area contributed by atoms with Gasteiger partial charge < -0.3 is 5.11 Å². The van der Waals surface area contributed by atoms with E-state index in [1.807, 2.05) is 0 Å². The number of hydrogen-bond donors (Lipinski definition) is 1. The van der Waals surface area contributed by atoms with Gasteiger partial charge in [-0.25, -0.2) is 0 Å². The predicted octanol–water partition coefficient (Wildman–Crippen LogP) is 2.89. The number of hydrogen-bond acceptors (Lipinski definition) is 2. The first kappa shape index (κ1) is 12.9. The van der Waals surface area contributed by atoms with Gasteiger partial charge >= 0.3 is 5.97 Å². The number of aliphatic carboxylic acids is 1. The Morgan fingerprint density at radius 1 is 1.06 bits per heavy atom. The maximum Gasteiger partial charge on any atom is 0.308 e. The maximum absolute atomic E-state index is 11.4. The van der Waals surface area contributed by atoms with Crippen LogP contribution >= 0.6 is 0 Å². The molecule has 0 aromatic heterocycles. The van der Waals surface area contributed by atoms with E-state index in [0.717, 1.165) is 25.8 Å². The van der Waals surface area contributed by atoms with E-state index in [1.165, 1.54) is 32.1 Å². The highest BCUT2D eigenvalue weighted by Crippen LogP contribution is 2.32. The summed E-state index contributed by atoms with van der Waals surface area (Å²) in [7, 11) is 0. The van der Waals surface area contributed by atoms with Crippen LogP contribution < -0.4 is 0 Å². The molecular formula is C14H25NO2. The van der Waals surface area contributed by atoms with E-state index in [4.69, 9.17) is 0 Å². The molecular weight excluding hydrogens is 214 g/mol. The number of rotatable bonds is 2. The minimum Gasteiger partial charge on any atom is -0.481 e. The lowest BCUT2D eigenvalue weighted by Gasteiger charge is -2.40. The van der Waals surface area contributed by atoms with Crippen LogP contribution in [0.3, 0.4) is 0 Å². The molecule has 0 bridgehead atoms. The van der Waals surface area contributed by atoms with Gasteiger partial charge in [0.05, 0.1) is 5.92 Å². The minimum absolute atomic E-state index is 0.121. The van der Waals surface area contributed by atoms with Gasteiger partial charge in [0, 0.05) is 12.1 Å². The number of nitrogens with zero attached hydrogens (tertiary/aromatic N) is 1. The Morgan fingerprint density at radius 3 is 2.53 bits per heavy atom. The average molecular weight is 239 g/mol. The Balaban J connectivity index is 2.08. The van der Waals surface area contributed by atoms with Crippen LogP contribution in [0.1, 0.15) is 58.3 Å². The van der Waals surface area contributed by atoms with Gasteiger partial charge in [-0.1, -0.05) is 25.7 Å². The van der Waals surface area contributed by atoms with Crippen molar-refractivity contribution in [2.75, 3.05) is 6.54 Å². The molecule has 3 atom stereocenters. The lowest BCUT2D eigenvalue weighted by Crippen LogP contribution is -2.49. The summed E-state index contributed by atoms with van der Waals surface area (Å²) in [5.74, 6) is -0.699. The lowest BCUT2D eigenvalue weighted by molar-refractivity contribution is -0.146. The Bertz CT molecular complexity index is 267. The highest BCUT2D eigenvalue weighted by Gasteiger charge is 2.36. The summed E-state index contributed by atoms with van der Waals surface area (Å²) in [5, 5.41) is 9.37. The molecule has 1 N–H and O–H groups in total. The van der Waals surface area contributed by atoms with Crippen LogP contribution in [0.25, 0.3) is 0 Å². The summed E-state index contributed by atoms with van der Waals surface area (Å²) in [6, 6.07) is 0.872. The predicted molar refractivity (Wildman–Crippen MR) is 68.0 cm³/mol. The molecule has 0 radical (unpaired) electrons. The zero-order valence-corrected chi connectivity index (χ0v) is 10.9. The number of likely N-dealkylation sites (tertiary alicyclic amines) is 1. The molecule has 1 saturated carbocycles. The molecule has 98 valence electrons. The third-order valence-electron chi connectivity index (χ3n) is 4.58. The van der Waals surface area contributed by atoms with Gasteiger partial charge in [-0.3, -0.25) is 9.69 Å². The van der Waals surface area contributed by atoms with Crippen molar-refractivity contribution in [3.05, 3.63) is 0 Å². The van der Waals surface area contributed by atoms with Crippen molar-refractivity contribution in [1.29, 1.82) is 0 Å². The van der Waals surface area contributed by atoms with E-state index in [-0.39, 0.29) is 5.92 Å². The molecule has 3 nitrogen and oxygen atoms in total. The topological polar surface area (TPSA) is 40.5 Å². The fourth-order valence-corrected chi connectivity index (χ4v) is 3.59. The molecule has 0 aromatic rings. The van der Waals surface area contributed by atoms with Gasteiger partial charge in [0.25, 0.3) is 0 Å². The molecule has 1 aliphatic heterocycles. The van der Waals surface area contributed by atoms with Gasteiger partial charge in [0.2, 0.25) is 0 Å². The van der Waals surface area contributed by atoms with Crippen molar-refractivity contribution in [2.24, 2.45) is 5.92 Å². The molecule has 1 saturated heterocycles. The number of carboxylic acids is 1. The van der Waals surface area contributed by atoms with E-state index in [2.05, 4.69) is 11.8 Å². The third-order valence-corrected chi connectivity index (χ3v) is 4.58. The summed E-state index contributed by atoms with van der Waals surface area (Å²) >= 11 is 0. The molecule has 17 heavy (non-hydrogen) atoms. The normalized spacial score (nSPS) is 36.4. The van der Waals surface area contributed by atoms with Crippen LogP contribution in [0, 0.1) is 5.92 Å². The van der Waals surface area contributed by atoms with Gasteiger partial charge in [0.1, 0.15) is 0 Å². The van der Waals surface area contributed by atoms with Gasteiger partial charge in [-0.05, 0) is 39.2 Å². The van der Waals surface area contributed by atoms with E-state index < -0.39 is 5.97 Å². The molecule has 3 unspecified atom stereocenters. The van der Waals surface area contributed by atoms with Crippen molar-refractivity contribution >= 4 is 5.97 Å². The van der Waals surface area contributed by atoms with Crippen LogP contribution in [0.4, 0.5) is 0 Å². The Hall–Kier alpha value is -0.570. The largest absolute Gasteiger partial charge is 0.481 e. The SMILES string of the molecule is CC1CCCCCN1C1CCCCC1C(=O)O. The fourth-order valence-electron chi connectivity index (χ4n) is 3.59. The lowest BCUT2D eigenvalue weighted by atomic mass is 9.83. The highest BCUT2D eigenvalue weighted by atomic mass is 16.4. The summed E-state index contributed by atoms with van der Waals surface area (Å²) in [6.45, 7) is 3.38. The molecule has 2 fully saturated rings. The van der Waals surface area contributed by atoms with Crippen LogP contribution in [-0.4, -0.2) is 34.6 Å². The monoisotopic (exact) mass is 239 g/mol. The fraction of sp³-hybridized carbons (Fsp3) is 0.929. The smallest absolute Gasteiger partial charge is 0.308 e. The summed E-state index contributed by atoms with van der Waals surface area (Å²) in [5.41, 5.74) is 0. The third kappa shape index (κ3) is 3.01. The molecule has 3 heteroatoms. The Kier molecular flexibility index (Phi) is 4.43. The van der Waals surface area contributed by atoms with Gasteiger partial charge in [-0.15, -0.1) is 0 Å². The van der Waals surface area contributed by atoms with Crippen LogP contribution in [0.2, 0.25) is 0 Å². The number of carbonyl (C=O) groups is 1. The van der Waals surface area contributed by atoms with Crippen LogP contribution in [0.15, 0.2) is 0 Å². The zero-order valence-electron chi connectivity index (χ0n) is 10.9. The van der Waals surface area contributed by atoms with E-state index >= 15 is 0 Å². The van der Waals surface area contributed by atoms with E-state index in [9.17, 15) is 9.90 Å². The zero-order chi connectivity index (χ0) is 12.3. The maximum atomic E-state index is 11.4. The molecule has 1 heterocycles. The second-order valence-electron chi connectivity index (χ2n) is 5.73. The standard InChI is InChI=1S/C14H25NO2/c1-11-7-3-2-6-10-15(11)13-9-5-4-8-12(13)14(16)17/h11-13H,2-10H2,1H3,(H,16,17). The molecule has 1 aliphatic carbocycles. The summed E-state index contributed by atoms with van der Waals surface area (Å²) < 4.78 is 0. The van der Waals surface area contributed by atoms with Crippen molar-refractivity contribution in [3.8, 4) is 0 Å². The first-order valence-electron chi connectivity index (χ1n) is 7.18. The Labute approximate surface area is 104 Å². The molecule has 0 spiro atoms. The van der Waals surface area contributed by atoms with Crippen molar-refractivity contribution in [1.82, 2.24) is 4.90 Å². The number of carboxylic acid groups (broad SMARTS) is 1. The van der Waals surface area contributed by atoms with Gasteiger partial charge in [0.15, 0.2) is 0 Å². The summed E-state index contributed by atoms with van der Waals surface area (Å²) in [6.07, 6.45) is 9.36. The molecule has 0 amide bonds. The second kappa shape index (κ2) is 5.85. The van der Waals surface area contributed by atoms with Crippen molar-refractivity contribution in [2.45, 2.75) is 70.4 Å². The molecule has 2 aliphatic rings. The first-order valence-corrected chi connectivity index (χ1v) is 7.18. The Morgan fingerprint density at radius 2 is 1.76 bits per heavy atom. The second-order valence-corrected chi connectivity index (χ2v) is 5.73. The molecule has 0 aromatic carbocycles. The van der Waals surface area contributed by atoms with E-state index in [1.54, 1.807) is 0 Å². The van der Waals surface area contributed by atoms with Gasteiger partial charge in [-0.2, -0.15) is 0 Å². The molecule has 2 rings (SSSR count). The van der Waals surface area contributed by atoms with Crippen molar-refractivity contribution in [3.63, 3.8) is 0 Å². The van der Waals surface area contributed by atoms with E-state index in [0.29, 0.717) is 12.1 Å². The summed E-state index contributed by atoms with van der Waals surface area (Å²) in [4.78, 5) is 13.9. The van der Waals surface area contributed by atoms with Crippen LogP contribution in [-0.2, 0) is 4.79 Å². The average Bonchev–Trinajstić information content (AvgIpc) is 2.54. The first-order chi connectivity index (χ1) is 8.20. The highest BCUT2D eigenvalue weighted by molar-refractivity contribution is 5.71. The minimum atomic E-state index is -0.578.